The molecule has 2 N–H and O–H groups in total. The maximum absolute atomic E-state index is 13.6. The second-order valence-corrected chi connectivity index (χ2v) is 10.0. The molecule has 0 amide bonds. The van der Waals surface area contributed by atoms with Crippen LogP contribution in [0.1, 0.15) is 35.2 Å². The first-order valence-corrected chi connectivity index (χ1v) is 12.4. The smallest absolute Gasteiger partial charge is 0.229 e. The Morgan fingerprint density at radius 2 is 1.94 bits per heavy atom. The molecule has 8 heteroatoms. The van der Waals surface area contributed by atoms with Crippen molar-refractivity contribution in [2.75, 3.05) is 31.2 Å². The van der Waals surface area contributed by atoms with E-state index in [0.29, 0.717) is 29.8 Å². The quantitative estimate of drug-likeness (QED) is 0.711. The van der Waals surface area contributed by atoms with Crippen LogP contribution < -0.4 is 19.5 Å². The summed E-state index contributed by atoms with van der Waals surface area (Å²) in [6, 6.07) is 12.8. The molecule has 31 heavy (non-hydrogen) atoms. The van der Waals surface area contributed by atoms with Crippen molar-refractivity contribution in [2.24, 2.45) is 5.92 Å². The van der Waals surface area contributed by atoms with Gasteiger partial charge in [0.1, 0.15) is 17.1 Å². The Morgan fingerprint density at radius 3 is 2.65 bits per heavy atom. The van der Waals surface area contributed by atoms with Gasteiger partial charge in [0.2, 0.25) is 10.0 Å². The molecule has 1 atom stereocenters. The summed E-state index contributed by atoms with van der Waals surface area (Å²) < 4.78 is 37.7. The van der Waals surface area contributed by atoms with Gasteiger partial charge in [-0.3, -0.25) is 9.52 Å². The van der Waals surface area contributed by atoms with Crippen molar-refractivity contribution >= 4 is 21.5 Å². The van der Waals surface area contributed by atoms with Crippen LogP contribution in [0.4, 0.5) is 5.69 Å². The first-order chi connectivity index (χ1) is 14.8. The van der Waals surface area contributed by atoms with Crippen molar-refractivity contribution in [3.63, 3.8) is 0 Å². The molecule has 4 rings (SSSR count). The van der Waals surface area contributed by atoms with E-state index in [0.717, 1.165) is 43.5 Å². The zero-order valence-corrected chi connectivity index (χ0v) is 18.6. The molecule has 0 aliphatic carbocycles. The van der Waals surface area contributed by atoms with E-state index in [4.69, 9.17) is 9.47 Å². The number of methoxy groups -OCH3 is 1. The van der Waals surface area contributed by atoms with Gasteiger partial charge in [-0.2, -0.15) is 0 Å². The highest BCUT2D eigenvalue weighted by atomic mass is 32.2. The first-order valence-electron chi connectivity index (χ1n) is 10.5. The SMILES string of the molecule is COc1ccccc1CCC1C(=O)c2ccc(NS(C)(=O)=O)cc2OC12CCNCC2. The minimum atomic E-state index is -3.42. The van der Waals surface area contributed by atoms with Crippen molar-refractivity contribution in [2.45, 2.75) is 31.3 Å². The minimum Gasteiger partial charge on any atom is -0.496 e. The summed E-state index contributed by atoms with van der Waals surface area (Å²) in [7, 11) is -1.77. The lowest BCUT2D eigenvalue weighted by atomic mass is 9.71. The number of Topliss-reactive ketones (excluding diaryl/α,β-unsaturated/α-hetero) is 1. The number of sulfonamides is 1. The summed E-state index contributed by atoms with van der Waals surface area (Å²) in [5.41, 5.74) is 1.38. The first kappa shape index (κ1) is 21.6. The third kappa shape index (κ3) is 4.55. The fourth-order valence-electron chi connectivity index (χ4n) is 4.71. The number of carbonyl (C=O) groups is 1. The molecule has 2 heterocycles. The second-order valence-electron chi connectivity index (χ2n) is 8.27. The standard InChI is InChI=1S/C23H28N2O5S/c1-29-20-6-4-3-5-16(20)7-10-19-22(26)18-9-8-17(25-31(2,27)28)15-21(18)30-23(19)11-13-24-14-12-23/h3-6,8-9,15,19,24-25H,7,10-14H2,1-2H3. The molecule has 2 aromatic carbocycles. The molecule has 0 saturated carbocycles. The predicted molar refractivity (Wildman–Crippen MR) is 120 cm³/mol. The largest absolute Gasteiger partial charge is 0.496 e. The third-order valence-electron chi connectivity index (χ3n) is 6.16. The summed E-state index contributed by atoms with van der Waals surface area (Å²) in [5.74, 6) is 1.06. The molecular formula is C23H28N2O5S. The maximum atomic E-state index is 13.6. The van der Waals surface area contributed by atoms with Gasteiger partial charge in [-0.1, -0.05) is 18.2 Å². The fraction of sp³-hybridized carbons (Fsp3) is 0.435. The van der Waals surface area contributed by atoms with Gasteiger partial charge < -0.3 is 14.8 Å². The van der Waals surface area contributed by atoms with Crippen LogP contribution in [-0.2, 0) is 16.4 Å². The van der Waals surface area contributed by atoms with Crippen molar-refractivity contribution in [3.05, 3.63) is 53.6 Å². The highest BCUT2D eigenvalue weighted by molar-refractivity contribution is 7.92. The van der Waals surface area contributed by atoms with Gasteiger partial charge in [0.05, 0.1) is 30.5 Å². The number of carbonyl (C=O) groups excluding carboxylic acids is 1. The Hall–Kier alpha value is -2.58. The number of hydrogen-bond donors (Lipinski definition) is 2. The summed E-state index contributed by atoms with van der Waals surface area (Å²) in [5, 5.41) is 3.35. The van der Waals surface area contributed by atoms with Crippen LogP contribution in [0.3, 0.4) is 0 Å². The van der Waals surface area contributed by atoms with Crippen LogP contribution >= 0.6 is 0 Å². The highest BCUT2D eigenvalue weighted by Crippen LogP contribution is 2.45. The molecule has 1 unspecified atom stereocenters. The van der Waals surface area contributed by atoms with E-state index in [1.165, 1.54) is 0 Å². The summed E-state index contributed by atoms with van der Waals surface area (Å²) >= 11 is 0. The van der Waals surface area contributed by atoms with Crippen LogP contribution in [0, 0.1) is 5.92 Å². The lowest BCUT2D eigenvalue weighted by Gasteiger charge is -2.46. The zero-order chi connectivity index (χ0) is 22.1. The third-order valence-corrected chi connectivity index (χ3v) is 6.77. The topological polar surface area (TPSA) is 93.7 Å². The lowest BCUT2D eigenvalue weighted by molar-refractivity contribution is -0.0233. The van der Waals surface area contributed by atoms with E-state index in [2.05, 4.69) is 10.0 Å². The molecule has 0 aromatic heterocycles. The summed E-state index contributed by atoms with van der Waals surface area (Å²) in [6.07, 6.45) is 3.90. The summed E-state index contributed by atoms with van der Waals surface area (Å²) in [6.45, 7) is 1.55. The van der Waals surface area contributed by atoms with E-state index in [1.807, 2.05) is 24.3 Å². The Kier molecular flexibility index (Phi) is 5.94. The van der Waals surface area contributed by atoms with Crippen LogP contribution in [0.2, 0.25) is 0 Å². The molecule has 1 spiro atoms. The predicted octanol–water partition coefficient (Wildman–Crippen LogP) is 3.01. The van der Waals surface area contributed by atoms with Crippen LogP contribution in [0.25, 0.3) is 0 Å². The van der Waals surface area contributed by atoms with E-state index < -0.39 is 15.6 Å². The molecule has 7 nitrogen and oxygen atoms in total. The number of anilines is 1. The number of hydrogen-bond acceptors (Lipinski definition) is 6. The van der Waals surface area contributed by atoms with Gasteiger partial charge in [0, 0.05) is 18.9 Å². The number of ether oxygens (including phenoxy) is 2. The molecule has 2 aromatic rings. The van der Waals surface area contributed by atoms with E-state index in [9.17, 15) is 13.2 Å². The van der Waals surface area contributed by atoms with Crippen molar-refractivity contribution in [3.8, 4) is 11.5 Å². The fourth-order valence-corrected chi connectivity index (χ4v) is 5.26. The van der Waals surface area contributed by atoms with Crippen molar-refractivity contribution < 1.29 is 22.7 Å². The zero-order valence-electron chi connectivity index (χ0n) is 17.8. The number of piperidine rings is 1. The Bertz CT molecular complexity index is 1080. The molecule has 0 radical (unpaired) electrons. The molecule has 2 aliphatic heterocycles. The molecule has 166 valence electrons. The molecule has 1 saturated heterocycles. The number of para-hydroxylation sites is 1. The molecule has 1 fully saturated rings. The molecular weight excluding hydrogens is 416 g/mol. The van der Waals surface area contributed by atoms with Crippen molar-refractivity contribution in [1.29, 1.82) is 0 Å². The molecule has 0 bridgehead atoms. The molecule has 2 aliphatic rings. The average Bonchev–Trinajstić information content (AvgIpc) is 2.73. The number of ketones is 1. The van der Waals surface area contributed by atoms with Crippen LogP contribution in [0.15, 0.2) is 42.5 Å². The van der Waals surface area contributed by atoms with Crippen molar-refractivity contribution in [1.82, 2.24) is 5.32 Å². The second kappa shape index (κ2) is 8.51. The van der Waals surface area contributed by atoms with Gasteiger partial charge in [-0.15, -0.1) is 0 Å². The number of nitrogens with one attached hydrogen (secondary N) is 2. The lowest BCUT2D eigenvalue weighted by Crippen LogP contribution is -2.56. The van der Waals surface area contributed by atoms with Gasteiger partial charge in [-0.25, -0.2) is 8.42 Å². The normalized spacial score (nSPS) is 20.1. The maximum Gasteiger partial charge on any atom is 0.229 e. The average molecular weight is 445 g/mol. The Balaban J connectivity index is 1.65. The van der Waals surface area contributed by atoms with Gasteiger partial charge in [0.25, 0.3) is 0 Å². The highest BCUT2D eigenvalue weighted by Gasteiger charge is 2.49. The van der Waals surface area contributed by atoms with Crippen LogP contribution in [-0.4, -0.2) is 46.3 Å². The number of benzene rings is 2. The number of fused-ring (bicyclic) bond motifs is 1. The number of aryl methyl sites for hydroxylation is 1. The van der Waals surface area contributed by atoms with Crippen LogP contribution in [0.5, 0.6) is 11.5 Å². The van der Waals surface area contributed by atoms with E-state index >= 15 is 0 Å². The van der Waals surface area contributed by atoms with Gasteiger partial charge in [-0.05, 0) is 49.7 Å². The monoisotopic (exact) mass is 444 g/mol. The number of rotatable bonds is 6. The summed E-state index contributed by atoms with van der Waals surface area (Å²) in [4.78, 5) is 13.6. The minimum absolute atomic E-state index is 0.0592. The van der Waals surface area contributed by atoms with E-state index in [1.54, 1.807) is 25.3 Å². The Morgan fingerprint density at radius 1 is 1.19 bits per heavy atom. The van der Waals surface area contributed by atoms with Gasteiger partial charge in [0.15, 0.2) is 5.78 Å². The van der Waals surface area contributed by atoms with E-state index in [-0.39, 0.29) is 11.7 Å². The van der Waals surface area contributed by atoms with Gasteiger partial charge >= 0.3 is 0 Å². The Labute approximate surface area is 183 Å².